The highest BCUT2D eigenvalue weighted by molar-refractivity contribution is 7.18. The second kappa shape index (κ2) is 7.00. The average Bonchev–Trinajstić information content (AvgIpc) is 3.26. The number of nitrogens with zero attached hydrogens (tertiary/aromatic N) is 2. The lowest BCUT2D eigenvalue weighted by atomic mass is 10.1. The van der Waals surface area contributed by atoms with Crippen LogP contribution in [0.3, 0.4) is 0 Å². The number of benzene rings is 1. The fourth-order valence-electron chi connectivity index (χ4n) is 3.08. The molecule has 0 radical (unpaired) electrons. The van der Waals surface area contributed by atoms with Crippen LogP contribution in [-0.4, -0.2) is 22.1 Å². The molecule has 0 amide bonds. The maximum absolute atomic E-state index is 12.9. The van der Waals surface area contributed by atoms with Crippen molar-refractivity contribution in [2.75, 3.05) is 6.61 Å². The molecule has 138 valence electrons. The zero-order valence-electron chi connectivity index (χ0n) is 15.0. The van der Waals surface area contributed by atoms with E-state index in [0.717, 1.165) is 21.5 Å². The van der Waals surface area contributed by atoms with E-state index in [-0.39, 0.29) is 24.5 Å². The molecule has 27 heavy (non-hydrogen) atoms. The highest BCUT2D eigenvalue weighted by atomic mass is 32.1. The summed E-state index contributed by atoms with van der Waals surface area (Å²) in [4.78, 5) is 31.5. The van der Waals surface area contributed by atoms with E-state index < -0.39 is 5.97 Å². The molecule has 4 rings (SSSR count). The molecule has 0 aliphatic rings. The molecule has 7 heteroatoms. The Morgan fingerprint density at radius 1 is 1.26 bits per heavy atom. The third kappa shape index (κ3) is 3.04. The van der Waals surface area contributed by atoms with Crippen molar-refractivity contribution in [3.05, 3.63) is 63.2 Å². The van der Waals surface area contributed by atoms with Crippen LogP contribution in [-0.2, 0) is 17.7 Å². The fraction of sp³-hybridized carbons (Fsp3) is 0.250. The Morgan fingerprint density at radius 2 is 2.07 bits per heavy atom. The highest BCUT2D eigenvalue weighted by Crippen LogP contribution is 2.27. The lowest BCUT2D eigenvalue weighted by Gasteiger charge is -2.06. The summed E-state index contributed by atoms with van der Waals surface area (Å²) in [5.74, 6) is -0.404. The van der Waals surface area contributed by atoms with Gasteiger partial charge in [-0.15, -0.1) is 11.3 Å². The van der Waals surface area contributed by atoms with Crippen molar-refractivity contribution < 1.29 is 13.9 Å². The Kier molecular flexibility index (Phi) is 4.53. The van der Waals surface area contributed by atoms with Crippen molar-refractivity contribution in [2.45, 2.75) is 26.8 Å². The SMILES string of the molecule is CCOC(=O)c1oc2ccccc2c1Cn1cnc2sc(CC)cc2c1=O. The Hall–Kier alpha value is -2.93. The summed E-state index contributed by atoms with van der Waals surface area (Å²) in [6, 6.07) is 9.26. The standard InChI is InChI=1S/C20H18N2O4S/c1-3-12-9-14-18(27-12)21-11-22(19(14)23)10-15-13-7-5-6-8-16(13)26-17(15)20(24)25-4-2/h5-9,11H,3-4,10H2,1-2H3. The first-order valence-electron chi connectivity index (χ1n) is 8.77. The fourth-order valence-corrected chi connectivity index (χ4v) is 4.01. The second-order valence-corrected chi connectivity index (χ2v) is 7.20. The van der Waals surface area contributed by atoms with E-state index in [1.807, 2.05) is 31.2 Å². The van der Waals surface area contributed by atoms with Crippen molar-refractivity contribution in [3.8, 4) is 0 Å². The zero-order valence-corrected chi connectivity index (χ0v) is 15.8. The molecule has 0 N–H and O–H groups in total. The van der Waals surface area contributed by atoms with Gasteiger partial charge in [0.2, 0.25) is 5.76 Å². The smallest absolute Gasteiger partial charge is 0.374 e. The van der Waals surface area contributed by atoms with Gasteiger partial charge in [0.05, 0.1) is 24.9 Å². The normalized spacial score (nSPS) is 11.3. The van der Waals surface area contributed by atoms with E-state index in [1.165, 1.54) is 22.2 Å². The molecule has 0 aliphatic carbocycles. The Labute approximate surface area is 159 Å². The van der Waals surface area contributed by atoms with Crippen LogP contribution in [0.25, 0.3) is 21.2 Å². The van der Waals surface area contributed by atoms with E-state index >= 15 is 0 Å². The third-order valence-electron chi connectivity index (χ3n) is 4.41. The van der Waals surface area contributed by atoms with Gasteiger partial charge in [0.25, 0.3) is 5.56 Å². The number of aryl methyl sites for hydroxylation is 1. The molecular formula is C20H18N2O4S. The second-order valence-electron chi connectivity index (χ2n) is 6.09. The van der Waals surface area contributed by atoms with Crippen LogP contribution in [0.15, 0.2) is 45.9 Å². The van der Waals surface area contributed by atoms with E-state index in [0.29, 0.717) is 16.5 Å². The summed E-state index contributed by atoms with van der Waals surface area (Å²) < 4.78 is 12.4. The van der Waals surface area contributed by atoms with Crippen LogP contribution < -0.4 is 5.56 Å². The van der Waals surface area contributed by atoms with Crippen molar-refractivity contribution in [3.63, 3.8) is 0 Å². The molecule has 3 aromatic heterocycles. The predicted octanol–water partition coefficient (Wildman–Crippen LogP) is 3.99. The molecule has 0 spiro atoms. The zero-order chi connectivity index (χ0) is 19.0. The van der Waals surface area contributed by atoms with E-state index in [2.05, 4.69) is 4.98 Å². The highest BCUT2D eigenvalue weighted by Gasteiger charge is 2.22. The van der Waals surface area contributed by atoms with Crippen molar-refractivity contribution in [1.29, 1.82) is 0 Å². The van der Waals surface area contributed by atoms with Crippen molar-refractivity contribution >= 4 is 38.5 Å². The molecule has 0 aliphatic heterocycles. The molecule has 0 unspecified atom stereocenters. The first-order valence-corrected chi connectivity index (χ1v) is 9.59. The lowest BCUT2D eigenvalue weighted by Crippen LogP contribution is -2.21. The van der Waals surface area contributed by atoms with Crippen LogP contribution in [0.1, 0.15) is 34.8 Å². The molecule has 0 bridgehead atoms. The predicted molar refractivity (Wildman–Crippen MR) is 105 cm³/mol. The van der Waals surface area contributed by atoms with Crippen LogP contribution in [0.4, 0.5) is 0 Å². The minimum absolute atomic E-state index is 0.129. The summed E-state index contributed by atoms with van der Waals surface area (Å²) >= 11 is 1.53. The van der Waals surface area contributed by atoms with Gasteiger partial charge in [-0.2, -0.15) is 0 Å². The van der Waals surface area contributed by atoms with E-state index in [9.17, 15) is 9.59 Å². The summed E-state index contributed by atoms with van der Waals surface area (Å²) in [5.41, 5.74) is 1.08. The van der Waals surface area contributed by atoms with Gasteiger partial charge in [0.1, 0.15) is 10.4 Å². The number of fused-ring (bicyclic) bond motifs is 2. The summed E-state index contributed by atoms with van der Waals surface area (Å²) in [7, 11) is 0. The molecule has 1 aromatic carbocycles. The van der Waals surface area contributed by atoms with Gasteiger partial charge in [-0.3, -0.25) is 9.36 Å². The number of carbonyl (C=O) groups is 1. The number of ether oxygens (including phenoxy) is 1. The van der Waals surface area contributed by atoms with Crippen LogP contribution in [0.5, 0.6) is 0 Å². The molecular weight excluding hydrogens is 364 g/mol. The van der Waals surface area contributed by atoms with Gasteiger partial charge in [-0.05, 0) is 25.5 Å². The maximum Gasteiger partial charge on any atom is 0.374 e. The van der Waals surface area contributed by atoms with Crippen LogP contribution in [0.2, 0.25) is 0 Å². The number of thiophene rings is 1. The topological polar surface area (TPSA) is 74.3 Å². The Morgan fingerprint density at radius 3 is 2.85 bits per heavy atom. The van der Waals surface area contributed by atoms with Gasteiger partial charge in [0.15, 0.2) is 0 Å². The van der Waals surface area contributed by atoms with E-state index in [1.54, 1.807) is 13.0 Å². The quantitative estimate of drug-likeness (QED) is 0.488. The molecule has 4 aromatic rings. The number of hydrogen-bond donors (Lipinski definition) is 0. The molecule has 0 saturated heterocycles. The van der Waals surface area contributed by atoms with Gasteiger partial charge in [-0.25, -0.2) is 9.78 Å². The van der Waals surface area contributed by atoms with Crippen LogP contribution >= 0.6 is 11.3 Å². The first-order chi connectivity index (χ1) is 13.1. The van der Waals surface area contributed by atoms with E-state index in [4.69, 9.17) is 9.15 Å². The maximum atomic E-state index is 12.9. The number of carbonyl (C=O) groups excluding carboxylic acids is 1. The minimum atomic E-state index is -0.533. The van der Waals surface area contributed by atoms with Gasteiger partial charge in [0, 0.05) is 15.8 Å². The molecule has 6 nitrogen and oxygen atoms in total. The summed E-state index contributed by atoms with van der Waals surface area (Å²) in [5, 5.41) is 1.39. The number of esters is 1. The monoisotopic (exact) mass is 382 g/mol. The number of aromatic nitrogens is 2. The number of hydrogen-bond acceptors (Lipinski definition) is 6. The molecule has 0 saturated carbocycles. The molecule has 0 fully saturated rings. The average molecular weight is 382 g/mol. The first kappa shape index (κ1) is 17.5. The lowest BCUT2D eigenvalue weighted by molar-refractivity contribution is 0.0490. The third-order valence-corrected chi connectivity index (χ3v) is 5.59. The number of para-hydroxylation sites is 1. The molecule has 0 atom stereocenters. The number of furan rings is 1. The Bertz CT molecular complexity index is 1200. The molecule has 3 heterocycles. The van der Waals surface area contributed by atoms with Gasteiger partial charge < -0.3 is 9.15 Å². The number of rotatable bonds is 5. The minimum Gasteiger partial charge on any atom is -0.460 e. The Balaban J connectivity index is 1.84. The van der Waals surface area contributed by atoms with Crippen LogP contribution in [0, 0.1) is 0 Å². The largest absolute Gasteiger partial charge is 0.460 e. The van der Waals surface area contributed by atoms with Crippen molar-refractivity contribution in [1.82, 2.24) is 9.55 Å². The van der Waals surface area contributed by atoms with Gasteiger partial charge in [-0.1, -0.05) is 25.1 Å². The van der Waals surface area contributed by atoms with Crippen molar-refractivity contribution in [2.24, 2.45) is 0 Å². The van der Waals surface area contributed by atoms with Gasteiger partial charge >= 0.3 is 5.97 Å². The summed E-state index contributed by atoms with van der Waals surface area (Å²) in [6.07, 6.45) is 2.39. The summed E-state index contributed by atoms with van der Waals surface area (Å²) in [6.45, 7) is 4.22.